The van der Waals surface area contributed by atoms with Crippen LogP contribution < -0.4 is 5.73 Å². The second-order valence-electron chi connectivity index (χ2n) is 9.86. The highest BCUT2D eigenvalue weighted by Crippen LogP contribution is 2.29. The van der Waals surface area contributed by atoms with E-state index in [2.05, 4.69) is 26.8 Å². The summed E-state index contributed by atoms with van der Waals surface area (Å²) in [5, 5.41) is 1.26. The molecule has 0 radical (unpaired) electrons. The second kappa shape index (κ2) is 16.4. The molecule has 0 fully saturated rings. The van der Waals surface area contributed by atoms with E-state index < -0.39 is 0 Å². The highest BCUT2D eigenvalue weighted by Gasteiger charge is 2.25. The van der Waals surface area contributed by atoms with Gasteiger partial charge >= 0.3 is 0 Å². The molecule has 0 saturated carbocycles. The molecule has 174 valence electrons. The predicted molar refractivity (Wildman–Crippen MR) is 137 cm³/mol. The van der Waals surface area contributed by atoms with Gasteiger partial charge in [0.2, 0.25) is 0 Å². The van der Waals surface area contributed by atoms with Crippen LogP contribution in [0, 0.1) is 5.92 Å². The number of nitrogens with two attached hydrogens (primary N) is 1. The summed E-state index contributed by atoms with van der Waals surface area (Å²) in [6, 6.07) is 5.97. The first kappa shape index (κ1) is 27.8. The Hall–Kier alpha value is -0.240. The van der Waals surface area contributed by atoms with E-state index in [0.717, 1.165) is 6.42 Å². The van der Waals surface area contributed by atoms with Gasteiger partial charge in [-0.25, -0.2) is 0 Å². The van der Waals surface area contributed by atoms with Gasteiger partial charge in [-0.15, -0.1) is 0 Å². The fourth-order valence-electron chi connectivity index (χ4n) is 4.27. The molecule has 0 spiro atoms. The molecule has 0 aromatic heterocycles. The van der Waals surface area contributed by atoms with Crippen LogP contribution in [0.25, 0.3) is 0 Å². The fourth-order valence-corrected chi connectivity index (χ4v) is 4.59. The highest BCUT2D eigenvalue weighted by molar-refractivity contribution is 6.42. The lowest BCUT2D eigenvalue weighted by Crippen LogP contribution is -2.42. The summed E-state index contributed by atoms with van der Waals surface area (Å²) in [6.45, 7) is 6.59. The molecule has 3 heteroatoms. The Balaban J connectivity index is 2.10. The zero-order valence-corrected chi connectivity index (χ0v) is 21.5. The van der Waals surface area contributed by atoms with Crippen LogP contribution in [0.3, 0.4) is 0 Å². The van der Waals surface area contributed by atoms with E-state index in [1.807, 2.05) is 12.1 Å². The van der Waals surface area contributed by atoms with Crippen molar-refractivity contribution in [2.75, 3.05) is 0 Å². The Labute approximate surface area is 197 Å². The van der Waals surface area contributed by atoms with Crippen LogP contribution >= 0.6 is 23.2 Å². The van der Waals surface area contributed by atoms with Crippen LogP contribution in [-0.2, 0) is 6.42 Å². The van der Waals surface area contributed by atoms with E-state index >= 15 is 0 Å². The highest BCUT2D eigenvalue weighted by atomic mass is 35.5. The van der Waals surface area contributed by atoms with Gasteiger partial charge in [0.05, 0.1) is 10.0 Å². The van der Waals surface area contributed by atoms with Gasteiger partial charge in [-0.2, -0.15) is 0 Å². The van der Waals surface area contributed by atoms with Crippen molar-refractivity contribution in [3.05, 3.63) is 33.8 Å². The quantitative estimate of drug-likeness (QED) is 0.219. The van der Waals surface area contributed by atoms with Crippen molar-refractivity contribution in [3.8, 4) is 0 Å². The van der Waals surface area contributed by atoms with Crippen LogP contribution in [0.5, 0.6) is 0 Å². The summed E-state index contributed by atoms with van der Waals surface area (Å²) in [4.78, 5) is 0. The Morgan fingerprint density at radius 1 is 0.733 bits per heavy atom. The van der Waals surface area contributed by atoms with Gasteiger partial charge in [0.15, 0.2) is 0 Å². The molecule has 1 rings (SSSR count). The SMILES string of the molecule is CCCCCCCCCCCCCCCCC(Cc1ccc(Cl)c(Cl)c1)C(C)(C)N. The number of benzene rings is 1. The van der Waals surface area contributed by atoms with Gasteiger partial charge in [-0.3, -0.25) is 0 Å². The van der Waals surface area contributed by atoms with Crippen LogP contribution in [-0.4, -0.2) is 5.54 Å². The van der Waals surface area contributed by atoms with Crippen molar-refractivity contribution in [1.82, 2.24) is 0 Å². The van der Waals surface area contributed by atoms with Crippen molar-refractivity contribution < 1.29 is 0 Å². The van der Waals surface area contributed by atoms with Crippen LogP contribution in [0.2, 0.25) is 10.0 Å². The van der Waals surface area contributed by atoms with Crippen LogP contribution in [0.1, 0.15) is 123 Å². The normalized spacial score (nSPS) is 13.0. The first-order valence-electron chi connectivity index (χ1n) is 12.6. The molecule has 1 unspecified atom stereocenters. The molecule has 1 aromatic rings. The second-order valence-corrected chi connectivity index (χ2v) is 10.7. The molecule has 0 aliphatic heterocycles. The van der Waals surface area contributed by atoms with Crippen molar-refractivity contribution >= 4 is 23.2 Å². The third kappa shape index (κ3) is 13.2. The maximum atomic E-state index is 6.49. The molecule has 1 atom stereocenters. The van der Waals surface area contributed by atoms with Gasteiger partial charge < -0.3 is 5.73 Å². The Morgan fingerprint density at radius 3 is 1.63 bits per heavy atom. The Morgan fingerprint density at radius 2 is 1.20 bits per heavy atom. The molecule has 0 bridgehead atoms. The lowest BCUT2D eigenvalue weighted by molar-refractivity contribution is 0.290. The van der Waals surface area contributed by atoms with Gasteiger partial charge in [-0.1, -0.05) is 126 Å². The molecular weight excluding hydrogens is 409 g/mol. The molecule has 0 heterocycles. The standard InChI is InChI=1S/C27H47Cl2N/c1-4-5-6-7-8-9-10-11-12-13-14-15-16-17-18-24(27(2,3)30)21-23-19-20-25(28)26(29)22-23/h19-20,22,24H,4-18,21,30H2,1-3H3. The minimum atomic E-state index is -0.178. The lowest BCUT2D eigenvalue weighted by Gasteiger charge is -2.31. The fraction of sp³-hybridized carbons (Fsp3) is 0.778. The molecule has 0 aliphatic rings. The molecule has 1 nitrogen and oxygen atoms in total. The summed E-state index contributed by atoms with van der Waals surface area (Å²) in [6.07, 6.45) is 21.7. The molecule has 0 saturated heterocycles. The first-order chi connectivity index (χ1) is 14.3. The zero-order chi connectivity index (χ0) is 22.2. The topological polar surface area (TPSA) is 26.0 Å². The molecule has 2 N–H and O–H groups in total. The first-order valence-corrected chi connectivity index (χ1v) is 13.3. The number of hydrogen-bond acceptors (Lipinski definition) is 1. The van der Waals surface area contributed by atoms with Gasteiger partial charge in [0.1, 0.15) is 0 Å². The summed E-state index contributed by atoms with van der Waals surface area (Å²) in [5.74, 6) is 0.465. The van der Waals surface area contributed by atoms with Crippen molar-refractivity contribution in [2.45, 2.75) is 129 Å². The van der Waals surface area contributed by atoms with E-state index in [0.29, 0.717) is 16.0 Å². The van der Waals surface area contributed by atoms with Gasteiger partial charge in [0.25, 0.3) is 0 Å². The van der Waals surface area contributed by atoms with E-state index in [-0.39, 0.29) is 5.54 Å². The lowest BCUT2D eigenvalue weighted by atomic mass is 9.80. The summed E-state index contributed by atoms with van der Waals surface area (Å²) >= 11 is 12.2. The smallest absolute Gasteiger partial charge is 0.0595 e. The number of hydrogen-bond donors (Lipinski definition) is 1. The molecular formula is C27H47Cl2N. The molecule has 0 amide bonds. The molecule has 1 aromatic carbocycles. The largest absolute Gasteiger partial charge is 0.325 e. The Bertz CT molecular complexity index is 550. The van der Waals surface area contributed by atoms with E-state index in [4.69, 9.17) is 28.9 Å². The van der Waals surface area contributed by atoms with E-state index in [1.54, 1.807) is 0 Å². The maximum Gasteiger partial charge on any atom is 0.0595 e. The van der Waals surface area contributed by atoms with Gasteiger partial charge in [-0.05, 0) is 50.3 Å². The van der Waals surface area contributed by atoms with Crippen molar-refractivity contribution in [1.29, 1.82) is 0 Å². The average molecular weight is 457 g/mol. The molecule has 30 heavy (non-hydrogen) atoms. The van der Waals surface area contributed by atoms with Crippen molar-refractivity contribution in [2.24, 2.45) is 11.7 Å². The maximum absolute atomic E-state index is 6.49. The number of rotatable bonds is 18. The zero-order valence-electron chi connectivity index (χ0n) is 20.0. The van der Waals surface area contributed by atoms with E-state index in [1.165, 1.54) is 102 Å². The van der Waals surface area contributed by atoms with Gasteiger partial charge in [0, 0.05) is 5.54 Å². The Kier molecular flexibility index (Phi) is 15.2. The van der Waals surface area contributed by atoms with E-state index in [9.17, 15) is 0 Å². The minimum Gasteiger partial charge on any atom is -0.325 e. The summed E-state index contributed by atoms with van der Waals surface area (Å²) < 4.78 is 0. The number of halogens is 2. The summed E-state index contributed by atoms with van der Waals surface area (Å²) in [7, 11) is 0. The monoisotopic (exact) mass is 455 g/mol. The average Bonchev–Trinajstić information content (AvgIpc) is 2.69. The predicted octanol–water partition coefficient (Wildman–Crippen LogP) is 9.76. The van der Waals surface area contributed by atoms with Crippen molar-refractivity contribution in [3.63, 3.8) is 0 Å². The third-order valence-corrected chi connectivity index (χ3v) is 7.16. The molecule has 0 aliphatic carbocycles. The van der Waals surface area contributed by atoms with Crippen LogP contribution in [0.4, 0.5) is 0 Å². The minimum absolute atomic E-state index is 0.178. The van der Waals surface area contributed by atoms with Crippen LogP contribution in [0.15, 0.2) is 18.2 Å². The number of unbranched alkanes of at least 4 members (excludes halogenated alkanes) is 13. The summed E-state index contributed by atoms with van der Waals surface area (Å²) in [5.41, 5.74) is 7.55. The third-order valence-electron chi connectivity index (χ3n) is 6.42.